The van der Waals surface area contributed by atoms with Crippen molar-refractivity contribution in [1.29, 1.82) is 5.26 Å². The lowest BCUT2D eigenvalue weighted by Crippen LogP contribution is -2.24. The number of hydrogen-bond acceptors (Lipinski definition) is 5. The molecule has 0 saturated carbocycles. The van der Waals surface area contributed by atoms with E-state index >= 15 is 0 Å². The molecule has 0 aliphatic heterocycles. The summed E-state index contributed by atoms with van der Waals surface area (Å²) in [5.41, 5.74) is 0.0367. The van der Waals surface area contributed by atoms with Gasteiger partial charge in [-0.15, -0.1) is 0 Å². The van der Waals surface area contributed by atoms with Gasteiger partial charge < -0.3 is 14.0 Å². The first-order valence-electron chi connectivity index (χ1n) is 8.43. The summed E-state index contributed by atoms with van der Waals surface area (Å²) in [6, 6.07) is 5.90. The molecule has 27 heavy (non-hydrogen) atoms. The topological polar surface area (TPSA) is 81.3 Å². The van der Waals surface area contributed by atoms with Gasteiger partial charge in [-0.25, -0.2) is 9.18 Å². The predicted molar refractivity (Wildman–Crippen MR) is 98.0 cm³/mol. The molecule has 0 radical (unpaired) electrons. The second kappa shape index (κ2) is 8.04. The molecule has 0 atom stereocenters. The normalized spacial score (nSPS) is 11.9. The second-order valence-corrected chi connectivity index (χ2v) is 6.85. The maximum Gasteiger partial charge on any atom is 0.349 e. The Bertz CT molecular complexity index is 945. The number of nitriles is 1. The Balaban J connectivity index is 2.50. The summed E-state index contributed by atoms with van der Waals surface area (Å²) in [6.07, 6.45) is 2.90. The molecule has 1 heterocycles. The number of carbonyl (C=O) groups excluding carboxylic acids is 2. The first kappa shape index (κ1) is 20.2. The molecule has 0 saturated heterocycles. The highest BCUT2D eigenvalue weighted by Gasteiger charge is 2.21. The number of rotatable bonds is 5. The Hall–Kier alpha value is -3.14. The summed E-state index contributed by atoms with van der Waals surface area (Å²) in [5.74, 6) is -1.68. The van der Waals surface area contributed by atoms with Crippen molar-refractivity contribution < 1.29 is 23.5 Å². The third-order valence-electron chi connectivity index (χ3n) is 3.52. The number of nitrogens with zero attached hydrogens (tertiary/aromatic N) is 2. The molecule has 7 heteroatoms. The Labute approximate surface area is 156 Å². The number of esters is 2. The Morgan fingerprint density at radius 1 is 1.33 bits per heavy atom. The number of halogens is 1. The number of benzene rings is 1. The van der Waals surface area contributed by atoms with Gasteiger partial charge in [-0.2, -0.15) is 5.26 Å². The van der Waals surface area contributed by atoms with Crippen LogP contribution in [0.5, 0.6) is 0 Å². The minimum Gasteiger partial charge on any atom is -0.465 e. The van der Waals surface area contributed by atoms with E-state index in [-0.39, 0.29) is 18.7 Å². The van der Waals surface area contributed by atoms with Crippen molar-refractivity contribution in [3.8, 4) is 6.07 Å². The minimum absolute atomic E-state index is 0.0713. The summed E-state index contributed by atoms with van der Waals surface area (Å²) in [5, 5.41) is 9.80. The SMILES string of the molecule is CCOC(=O)Cn1cc(/C=C(\C#N)C(=O)OC(C)(C)C)c2cc(F)ccc21. The van der Waals surface area contributed by atoms with Gasteiger partial charge in [-0.05, 0) is 52.0 Å². The Morgan fingerprint density at radius 3 is 2.63 bits per heavy atom. The summed E-state index contributed by atoms with van der Waals surface area (Å²) in [6.45, 7) is 6.96. The molecule has 2 rings (SSSR count). The number of hydrogen-bond donors (Lipinski definition) is 0. The molecule has 1 aromatic heterocycles. The molecule has 142 valence electrons. The van der Waals surface area contributed by atoms with Gasteiger partial charge in [0.2, 0.25) is 0 Å². The van der Waals surface area contributed by atoms with Crippen LogP contribution in [0.1, 0.15) is 33.3 Å². The second-order valence-electron chi connectivity index (χ2n) is 6.85. The Kier molecular flexibility index (Phi) is 6.01. The molecule has 0 aliphatic carbocycles. The number of fused-ring (bicyclic) bond motifs is 1. The largest absolute Gasteiger partial charge is 0.465 e. The molecule has 0 bridgehead atoms. The van der Waals surface area contributed by atoms with Gasteiger partial charge in [0.1, 0.15) is 29.6 Å². The summed E-state index contributed by atoms with van der Waals surface area (Å²) < 4.78 is 25.5. The zero-order valence-corrected chi connectivity index (χ0v) is 15.7. The lowest BCUT2D eigenvalue weighted by Gasteiger charge is -2.18. The molecule has 0 N–H and O–H groups in total. The highest BCUT2D eigenvalue weighted by Crippen LogP contribution is 2.25. The maximum atomic E-state index is 13.7. The zero-order chi connectivity index (χ0) is 20.2. The quantitative estimate of drug-likeness (QED) is 0.455. The van der Waals surface area contributed by atoms with Crippen molar-refractivity contribution in [2.75, 3.05) is 6.61 Å². The molecule has 0 amide bonds. The van der Waals surface area contributed by atoms with Crippen molar-refractivity contribution in [3.63, 3.8) is 0 Å². The average Bonchev–Trinajstić information content (AvgIpc) is 2.87. The molecule has 0 fully saturated rings. The fourth-order valence-electron chi connectivity index (χ4n) is 2.51. The van der Waals surface area contributed by atoms with Crippen LogP contribution in [-0.4, -0.2) is 28.7 Å². The van der Waals surface area contributed by atoms with Crippen molar-refractivity contribution in [2.45, 2.75) is 39.8 Å². The van der Waals surface area contributed by atoms with E-state index in [2.05, 4.69) is 0 Å². The van der Waals surface area contributed by atoms with E-state index in [0.717, 1.165) is 0 Å². The molecule has 0 unspecified atom stereocenters. The van der Waals surface area contributed by atoms with Crippen LogP contribution in [0.25, 0.3) is 17.0 Å². The van der Waals surface area contributed by atoms with Crippen LogP contribution in [0.4, 0.5) is 4.39 Å². The minimum atomic E-state index is -0.771. The number of aromatic nitrogens is 1. The fourth-order valence-corrected chi connectivity index (χ4v) is 2.51. The van der Waals surface area contributed by atoms with Crippen LogP contribution < -0.4 is 0 Å². The molecular weight excluding hydrogens is 351 g/mol. The molecule has 0 aliphatic rings. The van der Waals surface area contributed by atoms with Gasteiger partial charge in [0.15, 0.2) is 0 Å². The van der Waals surface area contributed by atoms with E-state index in [9.17, 15) is 19.2 Å². The fraction of sp³-hybridized carbons (Fsp3) is 0.350. The molecule has 0 spiro atoms. The van der Waals surface area contributed by atoms with E-state index in [4.69, 9.17) is 9.47 Å². The number of ether oxygens (including phenoxy) is 2. The van der Waals surface area contributed by atoms with Gasteiger partial charge in [-0.1, -0.05) is 0 Å². The predicted octanol–water partition coefficient (Wildman–Crippen LogP) is 3.59. The smallest absolute Gasteiger partial charge is 0.349 e. The van der Waals surface area contributed by atoms with Gasteiger partial charge in [0.05, 0.1) is 6.61 Å². The van der Waals surface area contributed by atoms with E-state index < -0.39 is 23.4 Å². The van der Waals surface area contributed by atoms with Crippen LogP contribution in [0.2, 0.25) is 0 Å². The standard InChI is InChI=1S/C20H21FN2O4/c1-5-26-18(24)12-23-11-14(16-9-15(21)6-7-17(16)23)8-13(10-22)19(25)27-20(2,3)4/h6-9,11H,5,12H2,1-4H3/b13-8+. The average molecular weight is 372 g/mol. The highest BCUT2D eigenvalue weighted by atomic mass is 19.1. The summed E-state index contributed by atoms with van der Waals surface area (Å²) in [7, 11) is 0. The molecule has 2 aromatic rings. The summed E-state index contributed by atoms with van der Waals surface area (Å²) in [4.78, 5) is 24.0. The maximum absolute atomic E-state index is 13.7. The summed E-state index contributed by atoms with van der Waals surface area (Å²) >= 11 is 0. The molecule has 6 nitrogen and oxygen atoms in total. The molecule has 1 aromatic carbocycles. The van der Waals surface area contributed by atoms with Crippen LogP contribution in [-0.2, 0) is 25.6 Å². The van der Waals surface area contributed by atoms with E-state index in [1.165, 1.54) is 24.3 Å². The van der Waals surface area contributed by atoms with Crippen LogP contribution >= 0.6 is 0 Å². The van der Waals surface area contributed by atoms with Crippen LogP contribution in [0.15, 0.2) is 30.0 Å². The van der Waals surface area contributed by atoms with Gasteiger partial charge in [0, 0.05) is 22.7 Å². The third-order valence-corrected chi connectivity index (χ3v) is 3.52. The highest BCUT2D eigenvalue weighted by molar-refractivity contribution is 6.01. The first-order valence-corrected chi connectivity index (χ1v) is 8.43. The molecular formula is C20H21FN2O4. The van der Waals surface area contributed by atoms with Crippen molar-refractivity contribution in [3.05, 3.63) is 41.3 Å². The van der Waals surface area contributed by atoms with E-state index in [1.54, 1.807) is 38.5 Å². The van der Waals surface area contributed by atoms with Crippen LogP contribution in [0, 0.1) is 17.1 Å². The van der Waals surface area contributed by atoms with Gasteiger partial charge in [0.25, 0.3) is 0 Å². The van der Waals surface area contributed by atoms with Crippen molar-refractivity contribution in [2.24, 2.45) is 0 Å². The monoisotopic (exact) mass is 372 g/mol. The van der Waals surface area contributed by atoms with Crippen molar-refractivity contribution >= 4 is 28.9 Å². The lowest BCUT2D eigenvalue weighted by molar-refractivity contribution is -0.149. The Morgan fingerprint density at radius 2 is 2.04 bits per heavy atom. The lowest BCUT2D eigenvalue weighted by atomic mass is 10.1. The van der Waals surface area contributed by atoms with E-state index in [1.807, 2.05) is 6.07 Å². The van der Waals surface area contributed by atoms with Crippen molar-refractivity contribution in [1.82, 2.24) is 4.57 Å². The van der Waals surface area contributed by atoms with E-state index in [0.29, 0.717) is 16.5 Å². The number of carbonyl (C=O) groups is 2. The van der Waals surface area contributed by atoms with Gasteiger partial charge >= 0.3 is 11.9 Å². The van der Waals surface area contributed by atoms with Crippen LogP contribution in [0.3, 0.4) is 0 Å². The zero-order valence-electron chi connectivity index (χ0n) is 15.7. The third kappa shape index (κ3) is 5.17. The van der Waals surface area contributed by atoms with Gasteiger partial charge in [-0.3, -0.25) is 4.79 Å². The first-order chi connectivity index (χ1) is 12.6.